The molecule has 1 aliphatic heterocycles. The first-order valence-corrected chi connectivity index (χ1v) is 7.31. The minimum Gasteiger partial charge on any atom is -0.368 e. The molecule has 21 heavy (non-hydrogen) atoms. The fraction of sp³-hybridized carbons (Fsp3) is 0.375. The first-order valence-electron chi connectivity index (χ1n) is 7.31. The van der Waals surface area contributed by atoms with Gasteiger partial charge in [0.15, 0.2) is 0 Å². The van der Waals surface area contributed by atoms with Crippen LogP contribution in [0.15, 0.2) is 24.3 Å². The van der Waals surface area contributed by atoms with E-state index in [1.165, 1.54) is 12.1 Å². The zero-order valence-electron chi connectivity index (χ0n) is 12.1. The summed E-state index contributed by atoms with van der Waals surface area (Å²) in [5.41, 5.74) is 9.70. The molecule has 0 aliphatic carbocycles. The summed E-state index contributed by atoms with van der Waals surface area (Å²) < 4.78 is 13.1. The fourth-order valence-electron chi connectivity index (χ4n) is 2.84. The van der Waals surface area contributed by atoms with Crippen molar-refractivity contribution in [1.29, 1.82) is 0 Å². The topological polar surface area (TPSA) is 55.0 Å². The van der Waals surface area contributed by atoms with Crippen molar-refractivity contribution in [3.8, 4) is 11.3 Å². The molecule has 2 N–H and O–H groups in total. The molecule has 110 valence electrons. The number of fused-ring (bicyclic) bond motifs is 1. The number of benzene rings is 1. The number of hydrogen-bond donors (Lipinski definition) is 1. The summed E-state index contributed by atoms with van der Waals surface area (Å²) in [5, 5.41) is 0. The predicted molar refractivity (Wildman–Crippen MR) is 81.1 cm³/mol. The van der Waals surface area contributed by atoms with Crippen LogP contribution < -0.4 is 5.73 Å². The highest BCUT2D eigenvalue weighted by atomic mass is 19.1. The van der Waals surface area contributed by atoms with Crippen LogP contribution in [0.2, 0.25) is 0 Å². The maximum atomic E-state index is 13.1. The fourth-order valence-corrected chi connectivity index (χ4v) is 2.84. The van der Waals surface area contributed by atoms with Gasteiger partial charge in [-0.3, -0.25) is 4.90 Å². The van der Waals surface area contributed by atoms with Gasteiger partial charge in [-0.2, -0.15) is 0 Å². The minimum absolute atomic E-state index is 0.248. The molecule has 0 bridgehead atoms. The molecule has 0 saturated carbocycles. The summed E-state index contributed by atoms with van der Waals surface area (Å²) in [6, 6.07) is 6.39. The number of halogens is 1. The Morgan fingerprint density at radius 1 is 1.24 bits per heavy atom. The Hall–Kier alpha value is -2.01. The summed E-state index contributed by atoms with van der Waals surface area (Å²) in [6.45, 7) is 5.07. The molecule has 3 rings (SSSR count). The first-order chi connectivity index (χ1) is 10.2. The van der Waals surface area contributed by atoms with E-state index in [2.05, 4.69) is 21.8 Å². The molecule has 0 fully saturated rings. The van der Waals surface area contributed by atoms with Crippen LogP contribution in [0, 0.1) is 5.82 Å². The van der Waals surface area contributed by atoms with Crippen molar-refractivity contribution in [2.45, 2.75) is 26.3 Å². The quantitative estimate of drug-likeness (QED) is 0.942. The third-order valence-corrected chi connectivity index (χ3v) is 3.81. The van der Waals surface area contributed by atoms with Crippen molar-refractivity contribution in [1.82, 2.24) is 14.9 Å². The van der Waals surface area contributed by atoms with Gasteiger partial charge in [0.2, 0.25) is 5.95 Å². The predicted octanol–water partition coefficient (Wildman–Crippen LogP) is 2.63. The highest BCUT2D eigenvalue weighted by molar-refractivity contribution is 5.65. The number of nitrogens with two attached hydrogens (primary N) is 1. The molecule has 0 saturated heterocycles. The number of anilines is 1. The molecular formula is C16H19FN4. The third kappa shape index (κ3) is 2.88. The normalized spacial score (nSPS) is 15.0. The molecule has 2 heterocycles. The summed E-state index contributed by atoms with van der Waals surface area (Å²) in [5.74, 6) is 0.0410. The van der Waals surface area contributed by atoms with Crippen molar-refractivity contribution < 1.29 is 4.39 Å². The van der Waals surface area contributed by atoms with Crippen molar-refractivity contribution in [3.63, 3.8) is 0 Å². The SMILES string of the molecule is CCCN1CCc2nc(N)nc(-c3ccc(F)cc3)c2C1. The van der Waals surface area contributed by atoms with Gasteiger partial charge in [0.1, 0.15) is 5.82 Å². The summed E-state index contributed by atoms with van der Waals surface area (Å²) in [6.07, 6.45) is 2.01. The molecular weight excluding hydrogens is 267 g/mol. The van der Waals surface area contributed by atoms with Crippen LogP contribution in [0.3, 0.4) is 0 Å². The van der Waals surface area contributed by atoms with Gasteiger partial charge in [-0.25, -0.2) is 14.4 Å². The Bertz CT molecular complexity index is 639. The lowest BCUT2D eigenvalue weighted by Crippen LogP contribution is -2.32. The lowest BCUT2D eigenvalue weighted by atomic mass is 9.99. The van der Waals surface area contributed by atoms with Crippen LogP contribution in [0.5, 0.6) is 0 Å². The second kappa shape index (κ2) is 5.77. The monoisotopic (exact) mass is 286 g/mol. The van der Waals surface area contributed by atoms with Crippen molar-refractivity contribution in [2.24, 2.45) is 0 Å². The summed E-state index contributed by atoms with van der Waals surface area (Å²) in [7, 11) is 0. The zero-order chi connectivity index (χ0) is 14.8. The lowest BCUT2D eigenvalue weighted by molar-refractivity contribution is 0.252. The Balaban J connectivity index is 2.04. The Morgan fingerprint density at radius 2 is 2.00 bits per heavy atom. The highest BCUT2D eigenvalue weighted by Gasteiger charge is 2.22. The van der Waals surface area contributed by atoms with E-state index in [0.717, 1.165) is 55.0 Å². The molecule has 0 spiro atoms. The van der Waals surface area contributed by atoms with E-state index >= 15 is 0 Å². The van der Waals surface area contributed by atoms with Crippen molar-refractivity contribution >= 4 is 5.95 Å². The minimum atomic E-state index is -0.248. The van der Waals surface area contributed by atoms with E-state index in [-0.39, 0.29) is 11.8 Å². The van der Waals surface area contributed by atoms with E-state index < -0.39 is 0 Å². The van der Waals surface area contributed by atoms with Gasteiger partial charge in [-0.1, -0.05) is 6.92 Å². The van der Waals surface area contributed by atoms with Crippen LogP contribution in [0.1, 0.15) is 24.6 Å². The first kappa shape index (κ1) is 13.9. The van der Waals surface area contributed by atoms with Gasteiger partial charge >= 0.3 is 0 Å². The van der Waals surface area contributed by atoms with Crippen LogP contribution >= 0.6 is 0 Å². The molecule has 2 aromatic rings. The van der Waals surface area contributed by atoms with E-state index in [0.29, 0.717) is 0 Å². The third-order valence-electron chi connectivity index (χ3n) is 3.81. The second-order valence-corrected chi connectivity index (χ2v) is 5.39. The number of hydrogen-bond acceptors (Lipinski definition) is 4. The molecule has 0 radical (unpaired) electrons. The average Bonchev–Trinajstić information content (AvgIpc) is 2.48. The van der Waals surface area contributed by atoms with Crippen LogP contribution in [-0.2, 0) is 13.0 Å². The van der Waals surface area contributed by atoms with Gasteiger partial charge in [-0.15, -0.1) is 0 Å². The zero-order valence-corrected chi connectivity index (χ0v) is 12.1. The molecule has 0 atom stereocenters. The van der Waals surface area contributed by atoms with E-state index in [1.807, 2.05) is 0 Å². The van der Waals surface area contributed by atoms with Crippen LogP contribution in [0.25, 0.3) is 11.3 Å². The smallest absolute Gasteiger partial charge is 0.220 e. The van der Waals surface area contributed by atoms with Gasteiger partial charge in [0.25, 0.3) is 0 Å². The maximum absolute atomic E-state index is 13.1. The van der Waals surface area contributed by atoms with E-state index in [4.69, 9.17) is 5.73 Å². The van der Waals surface area contributed by atoms with Gasteiger partial charge in [0, 0.05) is 30.6 Å². The van der Waals surface area contributed by atoms with Crippen molar-refractivity contribution in [2.75, 3.05) is 18.8 Å². The maximum Gasteiger partial charge on any atom is 0.220 e. The second-order valence-electron chi connectivity index (χ2n) is 5.39. The van der Waals surface area contributed by atoms with Crippen LogP contribution in [0.4, 0.5) is 10.3 Å². The molecule has 1 aromatic heterocycles. The lowest BCUT2D eigenvalue weighted by Gasteiger charge is -2.29. The van der Waals surface area contributed by atoms with Crippen LogP contribution in [-0.4, -0.2) is 28.0 Å². The van der Waals surface area contributed by atoms with Gasteiger partial charge in [-0.05, 0) is 37.2 Å². The van der Waals surface area contributed by atoms with E-state index in [9.17, 15) is 4.39 Å². The molecule has 5 heteroatoms. The molecule has 1 aliphatic rings. The summed E-state index contributed by atoms with van der Waals surface area (Å²) >= 11 is 0. The highest BCUT2D eigenvalue weighted by Crippen LogP contribution is 2.28. The average molecular weight is 286 g/mol. The number of aromatic nitrogens is 2. The number of nitrogen functional groups attached to an aromatic ring is 1. The molecule has 1 aromatic carbocycles. The Labute approximate surface area is 123 Å². The molecule has 0 unspecified atom stereocenters. The summed E-state index contributed by atoms with van der Waals surface area (Å²) in [4.78, 5) is 11.2. The largest absolute Gasteiger partial charge is 0.368 e. The number of nitrogens with zero attached hydrogens (tertiary/aromatic N) is 3. The number of rotatable bonds is 3. The van der Waals surface area contributed by atoms with Gasteiger partial charge < -0.3 is 5.73 Å². The van der Waals surface area contributed by atoms with Crippen molar-refractivity contribution in [3.05, 3.63) is 41.3 Å². The Kier molecular flexibility index (Phi) is 3.84. The standard InChI is InChI=1S/C16H19FN4/c1-2-8-21-9-7-14-13(10-21)15(20-16(18)19-14)11-3-5-12(17)6-4-11/h3-6H,2,7-10H2,1H3,(H2,18,19,20). The Morgan fingerprint density at radius 3 is 2.71 bits per heavy atom. The molecule has 0 amide bonds. The van der Waals surface area contributed by atoms with Gasteiger partial charge in [0.05, 0.1) is 11.4 Å². The van der Waals surface area contributed by atoms with E-state index in [1.54, 1.807) is 12.1 Å². The molecule has 4 nitrogen and oxygen atoms in total.